The molecule has 2 rings (SSSR count). The average Bonchev–Trinajstić information content (AvgIpc) is 2.83. The first-order chi connectivity index (χ1) is 8.54. The van der Waals surface area contributed by atoms with Gasteiger partial charge in [0.15, 0.2) is 0 Å². The number of carbonyl (C=O) groups is 2. The second-order valence-electron chi connectivity index (χ2n) is 4.15. The molecule has 1 fully saturated rings. The number of nitrogens with zero attached hydrogens (tertiary/aromatic N) is 2. The highest BCUT2D eigenvalue weighted by Crippen LogP contribution is 2.19. The summed E-state index contributed by atoms with van der Waals surface area (Å²) in [6.07, 6.45) is 0. The Balaban J connectivity index is 2.28. The minimum absolute atomic E-state index is 0.00176. The smallest absolute Gasteiger partial charge is 0.356 e. The van der Waals surface area contributed by atoms with Crippen LogP contribution in [0.25, 0.3) is 0 Å². The molecule has 2 N–H and O–H groups in total. The Hall–Kier alpha value is -2.05. The maximum Gasteiger partial charge on any atom is 0.356 e. The van der Waals surface area contributed by atoms with Crippen molar-refractivity contribution in [2.24, 2.45) is 0 Å². The van der Waals surface area contributed by atoms with E-state index < -0.39 is 5.97 Å². The number of H-pyrrole nitrogens is 1. The molecule has 0 saturated carbocycles. The molecule has 0 aliphatic carbocycles. The van der Waals surface area contributed by atoms with E-state index >= 15 is 0 Å². The number of ether oxygens (including phenoxy) is 1. The molecule has 1 aromatic heterocycles. The molecule has 1 atom stereocenters. The van der Waals surface area contributed by atoms with E-state index in [0.29, 0.717) is 30.5 Å². The van der Waals surface area contributed by atoms with Gasteiger partial charge < -0.3 is 15.0 Å². The summed E-state index contributed by atoms with van der Waals surface area (Å²) in [5.41, 5.74) is 0.814. The summed E-state index contributed by atoms with van der Waals surface area (Å²) in [6.45, 7) is 6.20. The van der Waals surface area contributed by atoms with E-state index in [4.69, 9.17) is 4.74 Å². The number of nitrogens with one attached hydrogen (secondary N) is 2. The lowest BCUT2D eigenvalue weighted by molar-refractivity contribution is 0.0519. The van der Waals surface area contributed by atoms with Crippen LogP contribution in [0.15, 0.2) is 0 Å². The first-order valence-corrected chi connectivity index (χ1v) is 5.85. The highest BCUT2D eigenvalue weighted by molar-refractivity contribution is 5.95. The van der Waals surface area contributed by atoms with Crippen molar-refractivity contribution in [3.8, 4) is 0 Å². The maximum atomic E-state index is 11.6. The fourth-order valence-electron chi connectivity index (χ4n) is 1.88. The topological polar surface area (TPSA) is 87.3 Å². The second kappa shape index (κ2) is 4.67. The predicted octanol–water partition coefficient (Wildman–Crippen LogP) is 0.813. The summed E-state index contributed by atoms with van der Waals surface area (Å²) in [5, 5.41) is 2.71. The van der Waals surface area contributed by atoms with Crippen molar-refractivity contribution in [3.63, 3.8) is 0 Å². The van der Waals surface area contributed by atoms with Crippen molar-refractivity contribution in [2.75, 3.05) is 18.1 Å². The minimum atomic E-state index is -0.457. The monoisotopic (exact) mass is 252 g/mol. The molecule has 1 aliphatic rings. The van der Waals surface area contributed by atoms with E-state index in [-0.39, 0.29) is 12.1 Å². The van der Waals surface area contributed by atoms with E-state index in [9.17, 15) is 9.59 Å². The van der Waals surface area contributed by atoms with Gasteiger partial charge in [-0.15, -0.1) is 0 Å². The van der Waals surface area contributed by atoms with Crippen LogP contribution in [0, 0.1) is 6.92 Å². The molecule has 7 heteroatoms. The number of hydrogen-bond acceptors (Lipinski definition) is 4. The lowest BCUT2D eigenvalue weighted by Crippen LogP contribution is -2.33. The van der Waals surface area contributed by atoms with Crippen LogP contribution in [0.2, 0.25) is 0 Å². The van der Waals surface area contributed by atoms with E-state index in [0.717, 1.165) is 0 Å². The average molecular weight is 252 g/mol. The highest BCUT2D eigenvalue weighted by atomic mass is 16.5. The van der Waals surface area contributed by atoms with Gasteiger partial charge in [-0.1, -0.05) is 0 Å². The molecule has 1 aliphatic heterocycles. The van der Waals surface area contributed by atoms with Crippen molar-refractivity contribution < 1.29 is 14.3 Å². The quantitative estimate of drug-likeness (QED) is 0.779. The Kier molecular flexibility index (Phi) is 3.22. The fourth-order valence-corrected chi connectivity index (χ4v) is 1.88. The molecule has 2 amide bonds. The zero-order chi connectivity index (χ0) is 13.3. The van der Waals surface area contributed by atoms with Crippen LogP contribution >= 0.6 is 0 Å². The van der Waals surface area contributed by atoms with Crippen LogP contribution in [-0.4, -0.2) is 41.2 Å². The fraction of sp³-hybridized carbons (Fsp3) is 0.545. The molecule has 0 aromatic carbocycles. The van der Waals surface area contributed by atoms with Crippen LogP contribution in [-0.2, 0) is 4.74 Å². The van der Waals surface area contributed by atoms with E-state index in [2.05, 4.69) is 15.3 Å². The normalized spacial score (nSPS) is 18.9. The third kappa shape index (κ3) is 2.03. The van der Waals surface area contributed by atoms with Gasteiger partial charge in [0.05, 0.1) is 18.3 Å². The van der Waals surface area contributed by atoms with Crippen molar-refractivity contribution in [2.45, 2.75) is 26.8 Å². The summed E-state index contributed by atoms with van der Waals surface area (Å²) in [7, 11) is 0. The van der Waals surface area contributed by atoms with E-state index in [1.165, 1.54) is 4.90 Å². The summed E-state index contributed by atoms with van der Waals surface area (Å²) >= 11 is 0. The van der Waals surface area contributed by atoms with Gasteiger partial charge in [0.1, 0.15) is 5.69 Å². The Labute approximate surface area is 105 Å². The molecule has 7 nitrogen and oxygen atoms in total. The van der Waals surface area contributed by atoms with Crippen LogP contribution < -0.4 is 10.2 Å². The highest BCUT2D eigenvalue weighted by Gasteiger charge is 2.31. The number of aromatic amines is 1. The molecule has 1 aromatic rings. The zero-order valence-corrected chi connectivity index (χ0v) is 10.6. The minimum Gasteiger partial charge on any atom is -0.461 e. The van der Waals surface area contributed by atoms with Gasteiger partial charge in [-0.05, 0) is 20.8 Å². The molecule has 1 saturated heterocycles. The standard InChI is InChI=1S/C11H16N4O3/c1-4-18-9(16)8-7(3)13-10(14-8)15-6(2)5-12-11(15)17/h6H,4-5H2,1-3H3,(H,12,17)(H,13,14)/t6-/m0/s1. The maximum absolute atomic E-state index is 11.6. The van der Waals surface area contributed by atoms with Crippen molar-refractivity contribution in [1.82, 2.24) is 15.3 Å². The van der Waals surface area contributed by atoms with Crippen LogP contribution in [0.5, 0.6) is 0 Å². The van der Waals surface area contributed by atoms with Crippen molar-refractivity contribution in [1.29, 1.82) is 0 Å². The van der Waals surface area contributed by atoms with Crippen LogP contribution in [0.1, 0.15) is 30.0 Å². The molecule has 18 heavy (non-hydrogen) atoms. The summed E-state index contributed by atoms with van der Waals surface area (Å²) in [6, 6.07) is -0.218. The molecule has 0 spiro atoms. The van der Waals surface area contributed by atoms with Gasteiger partial charge in [0.2, 0.25) is 5.95 Å². The molecule has 98 valence electrons. The lowest BCUT2D eigenvalue weighted by atomic mass is 10.3. The zero-order valence-electron chi connectivity index (χ0n) is 10.6. The Morgan fingerprint density at radius 1 is 1.61 bits per heavy atom. The van der Waals surface area contributed by atoms with Crippen LogP contribution in [0.4, 0.5) is 10.7 Å². The number of imidazole rings is 1. The number of amides is 2. The number of aryl methyl sites for hydroxylation is 1. The number of hydrogen-bond donors (Lipinski definition) is 2. The number of aromatic nitrogens is 2. The second-order valence-corrected chi connectivity index (χ2v) is 4.15. The molecular weight excluding hydrogens is 236 g/mol. The SMILES string of the molecule is CCOC(=O)c1[nH]c(N2C(=O)NC[C@@H]2C)nc1C. The van der Waals surface area contributed by atoms with Crippen molar-refractivity contribution >= 4 is 17.9 Å². The van der Waals surface area contributed by atoms with Gasteiger partial charge in [-0.3, -0.25) is 4.90 Å². The first kappa shape index (κ1) is 12.4. The summed E-state index contributed by atoms with van der Waals surface area (Å²) in [5.74, 6) is -0.0842. The number of anilines is 1. The van der Waals surface area contributed by atoms with Crippen molar-refractivity contribution in [3.05, 3.63) is 11.4 Å². The third-order valence-corrected chi connectivity index (χ3v) is 2.79. The summed E-state index contributed by atoms with van der Waals surface area (Å²) < 4.78 is 4.91. The lowest BCUT2D eigenvalue weighted by Gasteiger charge is -2.15. The van der Waals surface area contributed by atoms with E-state index in [1.54, 1.807) is 13.8 Å². The molecule has 0 radical (unpaired) electrons. The Bertz CT molecular complexity index is 483. The Morgan fingerprint density at radius 3 is 2.89 bits per heavy atom. The summed E-state index contributed by atoms with van der Waals surface area (Å²) in [4.78, 5) is 31.8. The first-order valence-electron chi connectivity index (χ1n) is 5.85. The molecule has 2 heterocycles. The van der Waals surface area contributed by atoms with Gasteiger partial charge >= 0.3 is 12.0 Å². The molecule has 0 unspecified atom stereocenters. The molecule has 0 bridgehead atoms. The number of esters is 1. The predicted molar refractivity (Wildman–Crippen MR) is 64.6 cm³/mol. The van der Waals surface area contributed by atoms with E-state index in [1.807, 2.05) is 6.92 Å². The largest absolute Gasteiger partial charge is 0.461 e. The van der Waals surface area contributed by atoms with Gasteiger partial charge in [-0.25, -0.2) is 14.6 Å². The van der Waals surface area contributed by atoms with Crippen LogP contribution in [0.3, 0.4) is 0 Å². The van der Waals surface area contributed by atoms with Gasteiger partial charge in [0, 0.05) is 6.54 Å². The number of rotatable bonds is 3. The van der Waals surface area contributed by atoms with Gasteiger partial charge in [0.25, 0.3) is 0 Å². The molecular formula is C11H16N4O3. The van der Waals surface area contributed by atoms with Gasteiger partial charge in [-0.2, -0.15) is 0 Å². The third-order valence-electron chi connectivity index (χ3n) is 2.79. The Morgan fingerprint density at radius 2 is 2.33 bits per heavy atom. The number of carbonyl (C=O) groups excluding carboxylic acids is 2. The number of urea groups is 1.